The molecule has 0 radical (unpaired) electrons. The average molecular weight is 280 g/mol. The fourth-order valence-electron chi connectivity index (χ4n) is 1.77. The number of benzene rings is 1. The molecule has 0 spiro atoms. The number of H-pyrrole nitrogens is 1. The van der Waals surface area contributed by atoms with Gasteiger partial charge >= 0.3 is 0 Å². The first-order chi connectivity index (χ1) is 8.95. The van der Waals surface area contributed by atoms with Gasteiger partial charge in [-0.25, -0.2) is 13.8 Å². The molecule has 0 fully saturated rings. The highest BCUT2D eigenvalue weighted by Crippen LogP contribution is 2.15. The smallest absolute Gasteiger partial charge is 0.130 e. The number of aromatic nitrogens is 2. The van der Waals surface area contributed by atoms with Gasteiger partial charge in [-0.1, -0.05) is 32.1 Å². The summed E-state index contributed by atoms with van der Waals surface area (Å²) < 4.78 is 26.9. The van der Waals surface area contributed by atoms with E-state index in [-0.39, 0.29) is 12.3 Å². The van der Waals surface area contributed by atoms with Gasteiger partial charge in [-0.2, -0.15) is 0 Å². The Bertz CT molecular complexity index is 650. The monoisotopic (exact) mass is 280 g/mol. The van der Waals surface area contributed by atoms with E-state index in [4.69, 9.17) is 12.2 Å². The van der Waals surface area contributed by atoms with Crippen LogP contribution in [0.15, 0.2) is 24.3 Å². The zero-order valence-electron chi connectivity index (χ0n) is 10.7. The largest absolute Gasteiger partial charge is 0.347 e. The van der Waals surface area contributed by atoms with Gasteiger partial charge in [0.2, 0.25) is 0 Å². The van der Waals surface area contributed by atoms with Gasteiger partial charge in [0.25, 0.3) is 0 Å². The van der Waals surface area contributed by atoms with E-state index in [0.29, 0.717) is 16.0 Å². The summed E-state index contributed by atoms with van der Waals surface area (Å²) in [7, 11) is 0. The Morgan fingerprint density at radius 1 is 1.26 bits per heavy atom. The van der Waals surface area contributed by atoms with Crippen LogP contribution in [-0.2, 0) is 6.42 Å². The molecule has 0 saturated carbocycles. The summed E-state index contributed by atoms with van der Waals surface area (Å²) in [6.07, 6.45) is 0.260. The number of aromatic amines is 1. The van der Waals surface area contributed by atoms with Gasteiger partial charge in [0.05, 0.1) is 0 Å². The van der Waals surface area contributed by atoms with Crippen molar-refractivity contribution in [1.29, 1.82) is 0 Å². The molecule has 5 heteroatoms. The van der Waals surface area contributed by atoms with Crippen LogP contribution in [-0.4, -0.2) is 9.97 Å². The Morgan fingerprint density at radius 3 is 2.63 bits per heavy atom. The first kappa shape index (κ1) is 13.8. The predicted molar refractivity (Wildman–Crippen MR) is 72.7 cm³/mol. The third kappa shape index (κ3) is 3.44. The second kappa shape index (κ2) is 5.57. The molecule has 2 aromatic rings. The molecule has 0 amide bonds. The Kier molecular flexibility index (Phi) is 4.04. The van der Waals surface area contributed by atoms with E-state index in [2.05, 4.69) is 9.97 Å². The number of halogens is 2. The number of rotatable bonds is 3. The quantitative estimate of drug-likeness (QED) is 0.856. The highest BCUT2D eigenvalue weighted by Gasteiger charge is 2.08. The predicted octanol–water partition coefficient (Wildman–Crippen LogP) is 4.13. The lowest BCUT2D eigenvalue weighted by Gasteiger charge is -2.09. The maximum absolute atomic E-state index is 13.6. The maximum Gasteiger partial charge on any atom is 0.130 e. The first-order valence-electron chi connectivity index (χ1n) is 6.00. The van der Waals surface area contributed by atoms with Gasteiger partial charge in [-0.05, 0) is 23.6 Å². The zero-order chi connectivity index (χ0) is 14.0. The molecule has 0 saturated heterocycles. The normalized spacial score (nSPS) is 11.0. The lowest BCUT2D eigenvalue weighted by molar-refractivity contribution is 0.573. The van der Waals surface area contributed by atoms with Crippen LogP contribution in [0.2, 0.25) is 0 Å². The van der Waals surface area contributed by atoms with Crippen LogP contribution in [0.25, 0.3) is 0 Å². The van der Waals surface area contributed by atoms with Crippen molar-refractivity contribution in [3.63, 3.8) is 0 Å². The highest BCUT2D eigenvalue weighted by molar-refractivity contribution is 7.71. The van der Waals surface area contributed by atoms with Gasteiger partial charge in [0.15, 0.2) is 0 Å². The van der Waals surface area contributed by atoms with Crippen LogP contribution in [0.5, 0.6) is 0 Å². The summed E-state index contributed by atoms with van der Waals surface area (Å²) in [5, 5.41) is 0. The summed E-state index contributed by atoms with van der Waals surface area (Å²) >= 11 is 5.09. The SMILES string of the molecule is CC(C)c1cc(=S)nc(Cc2ccc(F)cc2F)[nH]1. The molecular weight excluding hydrogens is 266 g/mol. The zero-order valence-corrected chi connectivity index (χ0v) is 11.5. The van der Waals surface area contributed by atoms with Gasteiger partial charge in [0, 0.05) is 18.2 Å². The minimum Gasteiger partial charge on any atom is -0.347 e. The van der Waals surface area contributed by atoms with Gasteiger partial charge in [0.1, 0.15) is 22.1 Å². The van der Waals surface area contributed by atoms with Crippen LogP contribution in [0.3, 0.4) is 0 Å². The fraction of sp³-hybridized carbons (Fsp3) is 0.286. The molecule has 0 aliphatic heterocycles. The molecule has 0 bridgehead atoms. The van der Waals surface area contributed by atoms with Crippen molar-refractivity contribution in [2.75, 3.05) is 0 Å². The van der Waals surface area contributed by atoms with Crippen molar-refractivity contribution in [1.82, 2.24) is 9.97 Å². The van der Waals surface area contributed by atoms with E-state index in [9.17, 15) is 8.78 Å². The molecule has 1 aromatic heterocycles. The molecule has 1 heterocycles. The maximum atomic E-state index is 13.6. The fourth-order valence-corrected chi connectivity index (χ4v) is 2.01. The van der Waals surface area contributed by atoms with Crippen LogP contribution in [0.1, 0.15) is 36.8 Å². The van der Waals surface area contributed by atoms with Crippen LogP contribution in [0, 0.1) is 16.3 Å². The van der Waals surface area contributed by atoms with Crippen molar-refractivity contribution in [3.8, 4) is 0 Å². The second-order valence-electron chi connectivity index (χ2n) is 4.69. The van der Waals surface area contributed by atoms with Crippen LogP contribution < -0.4 is 0 Å². The van der Waals surface area contributed by atoms with Crippen molar-refractivity contribution in [2.45, 2.75) is 26.2 Å². The summed E-state index contributed by atoms with van der Waals surface area (Å²) in [6.45, 7) is 4.06. The molecule has 1 N–H and O–H groups in total. The number of hydrogen-bond donors (Lipinski definition) is 1. The summed E-state index contributed by atoms with van der Waals surface area (Å²) in [6, 6.07) is 5.32. The molecule has 100 valence electrons. The van der Waals surface area contributed by atoms with Crippen molar-refractivity contribution in [3.05, 3.63) is 57.6 Å². The van der Waals surface area contributed by atoms with Crippen LogP contribution >= 0.6 is 12.2 Å². The minimum atomic E-state index is -0.585. The second-order valence-corrected chi connectivity index (χ2v) is 5.11. The van der Waals surface area contributed by atoms with Crippen molar-refractivity contribution < 1.29 is 8.78 Å². The molecule has 0 aliphatic rings. The van der Waals surface area contributed by atoms with Crippen molar-refractivity contribution >= 4 is 12.2 Å². The van der Waals surface area contributed by atoms with E-state index < -0.39 is 11.6 Å². The topological polar surface area (TPSA) is 28.7 Å². The summed E-state index contributed by atoms with van der Waals surface area (Å²) in [5.74, 6) is -0.294. The molecule has 0 atom stereocenters. The first-order valence-corrected chi connectivity index (χ1v) is 6.40. The Labute approximate surface area is 115 Å². The Hall–Kier alpha value is -1.62. The number of nitrogens with zero attached hydrogens (tertiary/aromatic N) is 1. The third-order valence-corrected chi connectivity index (χ3v) is 3.02. The van der Waals surface area contributed by atoms with E-state index in [0.717, 1.165) is 11.8 Å². The molecule has 0 unspecified atom stereocenters. The van der Waals surface area contributed by atoms with Gasteiger partial charge in [-0.15, -0.1) is 0 Å². The lowest BCUT2D eigenvalue weighted by atomic mass is 10.1. The van der Waals surface area contributed by atoms with E-state index in [1.165, 1.54) is 12.1 Å². The molecule has 19 heavy (non-hydrogen) atoms. The lowest BCUT2D eigenvalue weighted by Crippen LogP contribution is -2.03. The molecule has 1 aromatic carbocycles. The number of nitrogens with one attached hydrogen (secondary N) is 1. The number of hydrogen-bond acceptors (Lipinski definition) is 2. The third-order valence-electron chi connectivity index (χ3n) is 2.81. The van der Waals surface area contributed by atoms with Gasteiger partial charge < -0.3 is 4.98 Å². The highest BCUT2D eigenvalue weighted by atomic mass is 32.1. The van der Waals surface area contributed by atoms with Crippen LogP contribution in [0.4, 0.5) is 8.78 Å². The Balaban J connectivity index is 2.35. The molecular formula is C14H14F2N2S. The van der Waals surface area contributed by atoms with Gasteiger partial charge in [-0.3, -0.25) is 0 Å². The Morgan fingerprint density at radius 2 is 2.00 bits per heavy atom. The molecule has 2 rings (SSSR count). The summed E-state index contributed by atoms with van der Waals surface area (Å²) in [4.78, 5) is 7.31. The summed E-state index contributed by atoms with van der Waals surface area (Å²) in [5.41, 5.74) is 1.35. The van der Waals surface area contributed by atoms with E-state index in [1.54, 1.807) is 6.07 Å². The average Bonchev–Trinajstić information content (AvgIpc) is 2.32. The molecule has 0 aliphatic carbocycles. The minimum absolute atomic E-state index is 0.260. The van der Waals surface area contributed by atoms with E-state index in [1.807, 2.05) is 13.8 Å². The van der Waals surface area contributed by atoms with Crippen molar-refractivity contribution in [2.24, 2.45) is 0 Å². The standard InChI is InChI=1S/C14H14F2N2S/c1-8(2)12-7-14(19)18-13(17-12)5-9-3-4-10(15)6-11(9)16/h3-4,6-8H,5H2,1-2H3,(H,17,18,19). The molecule has 2 nitrogen and oxygen atoms in total. The van der Waals surface area contributed by atoms with E-state index >= 15 is 0 Å².